The quantitative estimate of drug-likeness (QED) is 0.821. The van der Waals surface area contributed by atoms with Crippen LogP contribution in [-0.4, -0.2) is 26.7 Å². The number of hydrogen-bond acceptors (Lipinski definition) is 5. The Labute approximate surface area is 98.1 Å². The minimum atomic E-state index is 0.756. The molecule has 0 saturated heterocycles. The van der Waals surface area contributed by atoms with Crippen molar-refractivity contribution in [2.24, 2.45) is 0 Å². The molecule has 84 valence electrons. The minimum absolute atomic E-state index is 0.756. The van der Waals surface area contributed by atoms with Crippen molar-refractivity contribution in [3.05, 3.63) is 30.2 Å². The number of rotatable bonds is 5. The van der Waals surface area contributed by atoms with Crippen LogP contribution in [0.25, 0.3) is 0 Å². The molecule has 2 aromatic heterocycles. The third-order valence-corrected chi connectivity index (χ3v) is 2.81. The number of aromatic nitrogens is 4. The zero-order valence-electron chi connectivity index (χ0n) is 8.97. The summed E-state index contributed by atoms with van der Waals surface area (Å²) in [7, 11) is 0. The van der Waals surface area contributed by atoms with Crippen LogP contribution in [0.5, 0.6) is 0 Å². The third-order valence-electron chi connectivity index (χ3n) is 1.97. The molecule has 0 spiro atoms. The van der Waals surface area contributed by atoms with Crippen molar-refractivity contribution < 1.29 is 0 Å². The molecular weight excluding hydrogens is 222 g/mol. The van der Waals surface area contributed by atoms with Crippen molar-refractivity contribution in [2.45, 2.75) is 23.7 Å². The van der Waals surface area contributed by atoms with Gasteiger partial charge in [0.05, 0.1) is 0 Å². The molecule has 0 saturated carbocycles. The molecule has 16 heavy (non-hydrogen) atoms. The molecular formula is C10H13N5S. The minimum Gasteiger partial charge on any atom is -0.313 e. The molecule has 2 heterocycles. The molecule has 0 unspecified atom stereocenters. The predicted octanol–water partition coefficient (Wildman–Crippen LogP) is 1.46. The Bertz CT molecular complexity index is 411. The van der Waals surface area contributed by atoms with Gasteiger partial charge in [0.1, 0.15) is 11.4 Å². The van der Waals surface area contributed by atoms with Gasteiger partial charge >= 0.3 is 0 Å². The SMILES string of the molecule is CCNCc1ccc(Sc2ncn[nH]2)nc1. The van der Waals surface area contributed by atoms with Crippen LogP contribution in [0.1, 0.15) is 12.5 Å². The highest BCUT2D eigenvalue weighted by atomic mass is 32.2. The van der Waals surface area contributed by atoms with Crippen LogP contribution in [0.15, 0.2) is 34.8 Å². The monoisotopic (exact) mass is 235 g/mol. The van der Waals surface area contributed by atoms with Gasteiger partial charge in [-0.1, -0.05) is 13.0 Å². The maximum absolute atomic E-state index is 4.34. The first-order valence-electron chi connectivity index (χ1n) is 5.07. The van der Waals surface area contributed by atoms with Gasteiger partial charge in [0.2, 0.25) is 0 Å². The molecule has 0 aliphatic rings. The lowest BCUT2D eigenvalue weighted by atomic mass is 10.3. The molecule has 0 atom stereocenters. The van der Waals surface area contributed by atoms with Gasteiger partial charge in [-0.05, 0) is 29.9 Å². The van der Waals surface area contributed by atoms with Crippen molar-refractivity contribution in [2.75, 3.05) is 6.54 Å². The number of pyridine rings is 1. The maximum atomic E-state index is 4.34. The van der Waals surface area contributed by atoms with Crippen LogP contribution in [0.4, 0.5) is 0 Å². The molecule has 2 rings (SSSR count). The zero-order valence-corrected chi connectivity index (χ0v) is 9.79. The van der Waals surface area contributed by atoms with Crippen molar-refractivity contribution in [1.82, 2.24) is 25.5 Å². The summed E-state index contributed by atoms with van der Waals surface area (Å²) in [5.74, 6) is 0. The molecule has 5 nitrogen and oxygen atoms in total. The lowest BCUT2D eigenvalue weighted by Gasteiger charge is -2.02. The molecule has 2 N–H and O–H groups in total. The topological polar surface area (TPSA) is 66.5 Å². The molecule has 0 aliphatic heterocycles. The van der Waals surface area contributed by atoms with Gasteiger partial charge in [-0.25, -0.2) is 9.97 Å². The summed E-state index contributed by atoms with van der Waals surface area (Å²) in [4.78, 5) is 8.37. The first kappa shape index (κ1) is 11.1. The van der Waals surface area contributed by atoms with Gasteiger partial charge in [-0.3, -0.25) is 5.10 Å². The Morgan fingerprint density at radius 1 is 1.38 bits per heavy atom. The summed E-state index contributed by atoms with van der Waals surface area (Å²) in [6.45, 7) is 3.91. The highest BCUT2D eigenvalue weighted by molar-refractivity contribution is 7.99. The van der Waals surface area contributed by atoms with Crippen molar-refractivity contribution >= 4 is 11.8 Å². The summed E-state index contributed by atoms with van der Waals surface area (Å²) in [6, 6.07) is 4.05. The number of nitrogens with one attached hydrogen (secondary N) is 2. The fourth-order valence-corrected chi connectivity index (χ4v) is 1.83. The molecule has 0 radical (unpaired) electrons. The summed E-state index contributed by atoms with van der Waals surface area (Å²) >= 11 is 1.47. The van der Waals surface area contributed by atoms with E-state index in [4.69, 9.17) is 0 Å². The van der Waals surface area contributed by atoms with Gasteiger partial charge in [0, 0.05) is 12.7 Å². The first-order valence-corrected chi connectivity index (χ1v) is 5.89. The van der Waals surface area contributed by atoms with Gasteiger partial charge in [0.25, 0.3) is 0 Å². The van der Waals surface area contributed by atoms with E-state index in [1.54, 1.807) is 0 Å². The molecule has 0 aliphatic carbocycles. The molecule has 0 aromatic carbocycles. The summed E-state index contributed by atoms with van der Waals surface area (Å²) in [5, 5.41) is 11.5. The van der Waals surface area contributed by atoms with Crippen molar-refractivity contribution in [1.29, 1.82) is 0 Å². The summed E-state index contributed by atoms with van der Waals surface area (Å²) in [5.41, 5.74) is 1.18. The van der Waals surface area contributed by atoms with Crippen LogP contribution in [0, 0.1) is 0 Å². The smallest absolute Gasteiger partial charge is 0.189 e. The second-order valence-electron chi connectivity index (χ2n) is 3.18. The average Bonchev–Trinajstić information content (AvgIpc) is 2.81. The van der Waals surface area contributed by atoms with E-state index in [0.717, 1.165) is 23.3 Å². The number of aromatic amines is 1. The number of hydrogen-bond donors (Lipinski definition) is 2. The normalized spacial score (nSPS) is 10.6. The Morgan fingerprint density at radius 2 is 2.31 bits per heavy atom. The van der Waals surface area contributed by atoms with E-state index < -0.39 is 0 Å². The van der Waals surface area contributed by atoms with Crippen LogP contribution in [-0.2, 0) is 6.54 Å². The van der Waals surface area contributed by atoms with E-state index in [1.165, 1.54) is 23.7 Å². The molecule has 2 aromatic rings. The Kier molecular flexibility index (Phi) is 3.90. The lowest BCUT2D eigenvalue weighted by molar-refractivity contribution is 0.723. The van der Waals surface area contributed by atoms with Crippen LogP contribution >= 0.6 is 11.8 Å². The van der Waals surface area contributed by atoms with E-state index in [-0.39, 0.29) is 0 Å². The van der Waals surface area contributed by atoms with Crippen LogP contribution < -0.4 is 5.32 Å². The standard InChI is InChI=1S/C10H13N5S/c1-2-11-5-8-3-4-9(12-6-8)16-10-13-7-14-15-10/h3-4,6-7,11H,2,5H2,1H3,(H,13,14,15). The van der Waals surface area contributed by atoms with Crippen LogP contribution in [0.2, 0.25) is 0 Å². The fraction of sp³-hybridized carbons (Fsp3) is 0.300. The van der Waals surface area contributed by atoms with Crippen molar-refractivity contribution in [3.63, 3.8) is 0 Å². The van der Waals surface area contributed by atoms with E-state index in [9.17, 15) is 0 Å². The van der Waals surface area contributed by atoms with Gasteiger partial charge < -0.3 is 5.32 Å². The summed E-state index contributed by atoms with van der Waals surface area (Å²) < 4.78 is 0. The average molecular weight is 235 g/mol. The van der Waals surface area contributed by atoms with Crippen LogP contribution in [0.3, 0.4) is 0 Å². The fourth-order valence-electron chi connectivity index (χ4n) is 1.19. The van der Waals surface area contributed by atoms with Gasteiger partial charge in [0.15, 0.2) is 5.16 Å². The van der Waals surface area contributed by atoms with Crippen molar-refractivity contribution in [3.8, 4) is 0 Å². The predicted molar refractivity (Wildman–Crippen MR) is 62.1 cm³/mol. The number of nitrogens with zero attached hydrogens (tertiary/aromatic N) is 3. The van der Waals surface area contributed by atoms with E-state index in [2.05, 4.69) is 38.5 Å². The van der Waals surface area contributed by atoms with E-state index in [0.29, 0.717) is 0 Å². The molecule has 0 fully saturated rings. The molecule has 0 bridgehead atoms. The number of H-pyrrole nitrogens is 1. The Balaban J connectivity index is 1.96. The Morgan fingerprint density at radius 3 is 2.94 bits per heavy atom. The second kappa shape index (κ2) is 5.62. The third kappa shape index (κ3) is 3.04. The largest absolute Gasteiger partial charge is 0.313 e. The molecule has 0 amide bonds. The van der Waals surface area contributed by atoms with Gasteiger partial charge in [-0.2, -0.15) is 5.10 Å². The highest BCUT2D eigenvalue weighted by Crippen LogP contribution is 2.21. The molecule has 6 heteroatoms. The highest BCUT2D eigenvalue weighted by Gasteiger charge is 2.01. The van der Waals surface area contributed by atoms with Gasteiger partial charge in [-0.15, -0.1) is 0 Å². The maximum Gasteiger partial charge on any atom is 0.189 e. The van der Waals surface area contributed by atoms with E-state index in [1.807, 2.05) is 12.3 Å². The first-order chi connectivity index (χ1) is 7.88. The summed E-state index contributed by atoms with van der Waals surface area (Å²) in [6.07, 6.45) is 3.36. The zero-order chi connectivity index (χ0) is 11.2. The Hall–Kier alpha value is -1.40. The lowest BCUT2D eigenvalue weighted by Crippen LogP contribution is -2.11. The second-order valence-corrected chi connectivity index (χ2v) is 4.19. The van der Waals surface area contributed by atoms with E-state index >= 15 is 0 Å².